The van der Waals surface area contributed by atoms with E-state index in [0.29, 0.717) is 12.0 Å². The Bertz CT molecular complexity index is 1340. The molecule has 0 saturated carbocycles. The molecule has 0 aliphatic carbocycles. The van der Waals surface area contributed by atoms with Gasteiger partial charge in [-0.3, -0.25) is 19.4 Å². The summed E-state index contributed by atoms with van der Waals surface area (Å²) in [4.78, 5) is 45.0. The lowest BCUT2D eigenvalue weighted by atomic mass is 9.94. The number of pyridine rings is 2. The van der Waals surface area contributed by atoms with E-state index in [-0.39, 0.29) is 17.9 Å². The maximum absolute atomic E-state index is 13.7. The molecule has 0 aliphatic rings. The first-order chi connectivity index (χ1) is 18.5. The maximum Gasteiger partial charge on any atom is 0.305 e. The molecule has 2 N–H and O–H groups in total. The fourth-order valence-corrected chi connectivity index (χ4v) is 4.84. The summed E-state index contributed by atoms with van der Waals surface area (Å²) in [6.45, 7) is 8.83. The molecule has 3 aromatic rings. The van der Waals surface area contributed by atoms with Gasteiger partial charge in [-0.25, -0.2) is 0 Å². The van der Waals surface area contributed by atoms with Crippen molar-refractivity contribution in [1.29, 1.82) is 0 Å². The number of likely N-dealkylation sites (N-methyl/N-ethyl adjacent to an activating group) is 1. The third-order valence-corrected chi connectivity index (χ3v) is 6.82. The number of hydrogen-bond acceptors (Lipinski definition) is 5. The molecular weight excluding hydrogens is 492 g/mol. The SMILES string of the molecule is Cc1cccc(C)c1-c1cncc([C@H](CC(=O)O)NC(=O)[C@@H](CC(C)C)n2ccc(CCN(C)C)cc2=O)c1. The maximum atomic E-state index is 13.7. The largest absolute Gasteiger partial charge is 0.481 e. The van der Waals surface area contributed by atoms with Crippen LogP contribution in [0, 0.1) is 19.8 Å². The van der Waals surface area contributed by atoms with E-state index in [4.69, 9.17) is 0 Å². The average molecular weight is 533 g/mol. The minimum atomic E-state index is -1.04. The molecule has 2 heterocycles. The summed E-state index contributed by atoms with van der Waals surface area (Å²) in [5, 5.41) is 12.6. The van der Waals surface area contributed by atoms with Gasteiger partial charge in [-0.15, -0.1) is 0 Å². The number of carboxylic acid groups (broad SMARTS) is 1. The highest BCUT2D eigenvalue weighted by molar-refractivity contribution is 5.82. The fraction of sp³-hybridized carbons (Fsp3) is 0.419. The Morgan fingerprint density at radius 1 is 1.08 bits per heavy atom. The summed E-state index contributed by atoms with van der Waals surface area (Å²) in [5.41, 5.74) is 5.31. The quantitative estimate of drug-likeness (QED) is 0.355. The fourth-order valence-electron chi connectivity index (χ4n) is 4.84. The zero-order chi connectivity index (χ0) is 28.7. The van der Waals surface area contributed by atoms with Gasteiger partial charge in [0.2, 0.25) is 5.91 Å². The van der Waals surface area contributed by atoms with Crippen molar-refractivity contribution in [3.8, 4) is 11.1 Å². The number of nitrogens with one attached hydrogen (secondary N) is 1. The van der Waals surface area contributed by atoms with E-state index in [1.54, 1.807) is 24.7 Å². The van der Waals surface area contributed by atoms with Crippen molar-refractivity contribution in [2.75, 3.05) is 20.6 Å². The third kappa shape index (κ3) is 8.10. The molecule has 8 nitrogen and oxygen atoms in total. The van der Waals surface area contributed by atoms with Gasteiger partial charge in [-0.2, -0.15) is 0 Å². The molecule has 0 spiro atoms. The Hall–Kier alpha value is -3.78. The number of aliphatic carboxylic acids is 1. The van der Waals surface area contributed by atoms with Gasteiger partial charge in [-0.1, -0.05) is 32.0 Å². The predicted octanol–water partition coefficient (Wildman–Crippen LogP) is 4.55. The highest BCUT2D eigenvalue weighted by Gasteiger charge is 2.27. The van der Waals surface area contributed by atoms with Crippen LogP contribution in [0.1, 0.15) is 61.0 Å². The molecule has 0 saturated heterocycles. The van der Waals surface area contributed by atoms with Crippen molar-refractivity contribution in [2.24, 2.45) is 5.92 Å². The lowest BCUT2D eigenvalue weighted by Gasteiger charge is -2.25. The van der Waals surface area contributed by atoms with Crippen molar-refractivity contribution in [3.05, 3.63) is 87.6 Å². The third-order valence-electron chi connectivity index (χ3n) is 6.82. The molecular formula is C31H40N4O4. The molecule has 3 rings (SSSR count). The Kier molecular flexibility index (Phi) is 10.2. The Labute approximate surface area is 230 Å². The van der Waals surface area contributed by atoms with Gasteiger partial charge >= 0.3 is 5.97 Å². The van der Waals surface area contributed by atoms with Crippen LogP contribution >= 0.6 is 0 Å². The number of carbonyl (C=O) groups is 2. The number of aryl methyl sites for hydroxylation is 2. The van der Waals surface area contributed by atoms with Gasteiger partial charge < -0.3 is 19.9 Å². The number of hydrogen-bond donors (Lipinski definition) is 2. The zero-order valence-corrected chi connectivity index (χ0v) is 23.8. The molecule has 0 aliphatic heterocycles. The second kappa shape index (κ2) is 13.3. The monoisotopic (exact) mass is 532 g/mol. The van der Waals surface area contributed by atoms with E-state index in [1.165, 1.54) is 4.57 Å². The first-order valence-electron chi connectivity index (χ1n) is 13.4. The summed E-state index contributed by atoms with van der Waals surface area (Å²) < 4.78 is 1.46. The number of nitrogens with zero attached hydrogens (tertiary/aromatic N) is 3. The first-order valence-corrected chi connectivity index (χ1v) is 13.4. The lowest BCUT2D eigenvalue weighted by Crippen LogP contribution is -2.40. The summed E-state index contributed by atoms with van der Waals surface area (Å²) in [6.07, 6.45) is 5.87. The van der Waals surface area contributed by atoms with E-state index >= 15 is 0 Å². The zero-order valence-electron chi connectivity index (χ0n) is 23.8. The molecule has 2 aromatic heterocycles. The average Bonchev–Trinajstić information content (AvgIpc) is 2.85. The predicted molar refractivity (Wildman–Crippen MR) is 154 cm³/mol. The van der Waals surface area contributed by atoms with E-state index in [2.05, 4.69) is 10.3 Å². The van der Waals surface area contributed by atoms with Crippen molar-refractivity contribution in [3.63, 3.8) is 0 Å². The molecule has 39 heavy (non-hydrogen) atoms. The second-order valence-electron chi connectivity index (χ2n) is 10.9. The van der Waals surface area contributed by atoms with Crippen molar-refractivity contribution < 1.29 is 14.7 Å². The second-order valence-corrected chi connectivity index (χ2v) is 10.9. The standard InChI is InChI=1S/C31H40N4O4/c1-20(2)14-27(35-13-11-23(15-28(35)36)10-12-34(5)6)31(39)33-26(17-29(37)38)24-16-25(19-32-18-24)30-21(3)8-7-9-22(30)4/h7-9,11,13,15-16,18-20,26-27H,10,12,14,17H2,1-6H3,(H,33,39)(H,37,38)/t26-,27+/m0/s1. The van der Waals surface area contributed by atoms with Crippen LogP contribution < -0.4 is 10.9 Å². The summed E-state index contributed by atoms with van der Waals surface area (Å²) in [7, 11) is 3.95. The van der Waals surface area contributed by atoms with Crippen LogP contribution in [-0.2, 0) is 16.0 Å². The number of carbonyl (C=O) groups excluding carboxylic acids is 1. The summed E-state index contributed by atoms with van der Waals surface area (Å²) in [6, 6.07) is 9.79. The molecule has 0 radical (unpaired) electrons. The normalized spacial score (nSPS) is 12.9. The van der Waals surface area contributed by atoms with E-state index < -0.39 is 24.0 Å². The number of amides is 1. The topological polar surface area (TPSA) is 105 Å². The van der Waals surface area contributed by atoms with Gasteiger partial charge in [0.15, 0.2) is 0 Å². The smallest absolute Gasteiger partial charge is 0.305 e. The Morgan fingerprint density at radius 3 is 2.36 bits per heavy atom. The van der Waals surface area contributed by atoms with Crippen LogP contribution in [0.15, 0.2) is 59.8 Å². The van der Waals surface area contributed by atoms with Gasteiger partial charge in [0.25, 0.3) is 5.56 Å². The molecule has 1 aromatic carbocycles. The van der Waals surface area contributed by atoms with Crippen molar-refractivity contribution in [1.82, 2.24) is 19.8 Å². The number of aromatic nitrogens is 2. The van der Waals surface area contributed by atoms with Crippen LogP contribution in [-0.4, -0.2) is 52.1 Å². The number of rotatable bonds is 12. The van der Waals surface area contributed by atoms with Crippen LogP contribution in [0.5, 0.6) is 0 Å². The molecule has 0 fully saturated rings. The van der Waals surface area contributed by atoms with E-state index in [1.807, 2.05) is 77.0 Å². The van der Waals surface area contributed by atoms with Crippen molar-refractivity contribution in [2.45, 2.75) is 59.0 Å². The minimum Gasteiger partial charge on any atom is -0.481 e. The van der Waals surface area contributed by atoms with Gasteiger partial charge in [0, 0.05) is 36.8 Å². The summed E-state index contributed by atoms with van der Waals surface area (Å²) in [5.74, 6) is -1.30. The summed E-state index contributed by atoms with van der Waals surface area (Å²) >= 11 is 0. The van der Waals surface area contributed by atoms with Crippen LogP contribution in [0.2, 0.25) is 0 Å². The molecule has 2 atom stereocenters. The van der Waals surface area contributed by atoms with Crippen LogP contribution in [0.4, 0.5) is 0 Å². The molecule has 0 bridgehead atoms. The first kappa shape index (κ1) is 29.8. The van der Waals surface area contributed by atoms with Crippen LogP contribution in [0.25, 0.3) is 11.1 Å². The molecule has 208 valence electrons. The number of benzene rings is 1. The van der Waals surface area contributed by atoms with Crippen molar-refractivity contribution >= 4 is 11.9 Å². The van der Waals surface area contributed by atoms with E-state index in [9.17, 15) is 19.5 Å². The van der Waals surface area contributed by atoms with Gasteiger partial charge in [-0.05, 0) is 86.7 Å². The molecule has 0 unspecified atom stereocenters. The highest BCUT2D eigenvalue weighted by Crippen LogP contribution is 2.29. The van der Waals surface area contributed by atoms with Gasteiger partial charge in [0.05, 0.1) is 12.5 Å². The van der Waals surface area contributed by atoms with E-state index in [0.717, 1.165) is 40.8 Å². The van der Waals surface area contributed by atoms with Gasteiger partial charge in [0.1, 0.15) is 6.04 Å². The Morgan fingerprint density at radius 2 is 1.77 bits per heavy atom. The highest BCUT2D eigenvalue weighted by atomic mass is 16.4. The Balaban J connectivity index is 1.94. The number of carboxylic acids is 1. The molecule has 1 amide bonds. The lowest BCUT2D eigenvalue weighted by molar-refractivity contribution is -0.138. The van der Waals surface area contributed by atoms with Crippen LogP contribution in [0.3, 0.4) is 0 Å². The molecule has 8 heteroatoms. The minimum absolute atomic E-state index is 0.132.